The fourth-order valence-corrected chi connectivity index (χ4v) is 3.02. The molecule has 0 atom stereocenters. The molecule has 0 unspecified atom stereocenters. The van der Waals surface area contributed by atoms with Crippen LogP contribution in [0.1, 0.15) is 15.9 Å². The Morgan fingerprint density at radius 3 is 2.56 bits per heavy atom. The second-order valence-corrected chi connectivity index (χ2v) is 6.71. The van der Waals surface area contributed by atoms with Gasteiger partial charge in [0.05, 0.1) is 5.56 Å². The number of amides is 1. The van der Waals surface area contributed by atoms with E-state index in [-0.39, 0.29) is 5.91 Å². The summed E-state index contributed by atoms with van der Waals surface area (Å²) in [7, 11) is 1.90. The lowest BCUT2D eigenvalue weighted by Crippen LogP contribution is -2.31. The van der Waals surface area contributed by atoms with Gasteiger partial charge in [-0.05, 0) is 33.6 Å². The van der Waals surface area contributed by atoms with Crippen molar-refractivity contribution in [2.45, 2.75) is 6.54 Å². The Labute approximate surface area is 165 Å². The first-order valence-corrected chi connectivity index (χ1v) is 9.02. The van der Waals surface area contributed by atoms with Crippen molar-refractivity contribution in [3.63, 3.8) is 0 Å². The minimum absolute atomic E-state index is 0.306. The van der Waals surface area contributed by atoms with Crippen molar-refractivity contribution < 1.29 is 4.79 Å². The van der Waals surface area contributed by atoms with Gasteiger partial charge in [0.2, 0.25) is 0 Å². The van der Waals surface area contributed by atoms with Gasteiger partial charge in [-0.1, -0.05) is 42.5 Å². The molecule has 1 amide bonds. The van der Waals surface area contributed by atoms with E-state index in [0.29, 0.717) is 33.9 Å². The van der Waals surface area contributed by atoms with Crippen molar-refractivity contribution in [3.8, 4) is 0 Å². The zero-order valence-electron chi connectivity index (χ0n) is 14.7. The van der Waals surface area contributed by atoms with Crippen LogP contribution in [-0.2, 0) is 6.54 Å². The highest BCUT2D eigenvalue weighted by Gasteiger charge is 2.14. The quantitative estimate of drug-likeness (QED) is 0.523. The number of nitrogens with two attached hydrogens (primary N) is 1. The fraction of sp³-hybridized carbons (Fsp3) is 0.105. The van der Waals surface area contributed by atoms with E-state index in [0.717, 1.165) is 5.56 Å². The Balaban J connectivity index is 1.71. The Bertz CT molecular complexity index is 934. The first kappa shape index (κ1) is 18.7. The van der Waals surface area contributed by atoms with E-state index in [1.807, 2.05) is 48.3 Å². The van der Waals surface area contributed by atoms with Gasteiger partial charge in [0.15, 0.2) is 11.6 Å². The van der Waals surface area contributed by atoms with Crippen molar-refractivity contribution >= 4 is 39.2 Å². The van der Waals surface area contributed by atoms with Crippen molar-refractivity contribution in [1.82, 2.24) is 15.4 Å². The molecule has 0 bridgehead atoms. The Morgan fingerprint density at radius 2 is 1.81 bits per heavy atom. The summed E-state index contributed by atoms with van der Waals surface area (Å²) in [5.74, 6) is 0.603. The van der Waals surface area contributed by atoms with Gasteiger partial charge >= 0.3 is 0 Å². The number of hydrogen-bond acceptors (Lipinski definition) is 6. The number of halogens is 1. The molecule has 0 aliphatic carbocycles. The van der Waals surface area contributed by atoms with E-state index in [9.17, 15) is 4.79 Å². The highest BCUT2D eigenvalue weighted by atomic mass is 79.9. The minimum atomic E-state index is -0.306. The van der Waals surface area contributed by atoms with E-state index in [1.165, 1.54) is 6.33 Å². The molecule has 0 aliphatic heterocycles. The fourth-order valence-electron chi connectivity index (χ4n) is 2.55. The van der Waals surface area contributed by atoms with Crippen LogP contribution in [0.2, 0.25) is 0 Å². The molecule has 0 saturated carbocycles. The number of nitrogen functional groups attached to an aromatic ring is 1. The number of nitrogens with one attached hydrogen (secondary N) is 2. The molecule has 4 N–H and O–H groups in total. The molecule has 3 aromatic rings. The van der Waals surface area contributed by atoms with Crippen LogP contribution >= 0.6 is 15.9 Å². The number of hydrogen-bond donors (Lipinski definition) is 3. The van der Waals surface area contributed by atoms with Crippen LogP contribution in [-0.4, -0.2) is 22.9 Å². The second kappa shape index (κ2) is 8.50. The molecule has 0 spiro atoms. The van der Waals surface area contributed by atoms with Gasteiger partial charge in [0.1, 0.15) is 12.0 Å². The predicted octanol–water partition coefficient (Wildman–Crippen LogP) is 3.21. The summed E-state index contributed by atoms with van der Waals surface area (Å²) >= 11 is 3.35. The van der Waals surface area contributed by atoms with Crippen LogP contribution in [0.3, 0.4) is 0 Å². The number of anilines is 3. The van der Waals surface area contributed by atoms with Gasteiger partial charge in [-0.15, -0.1) is 0 Å². The van der Waals surface area contributed by atoms with Crippen LogP contribution in [0.25, 0.3) is 0 Å². The third kappa shape index (κ3) is 4.53. The number of carbonyl (C=O) groups excluding carboxylic acids is 1. The van der Waals surface area contributed by atoms with Gasteiger partial charge in [-0.2, -0.15) is 0 Å². The van der Waals surface area contributed by atoms with Crippen LogP contribution in [0.5, 0.6) is 0 Å². The number of benzene rings is 2. The molecule has 0 radical (unpaired) electrons. The number of nitrogens with zero attached hydrogens (tertiary/aromatic N) is 3. The normalized spacial score (nSPS) is 10.3. The molecular weight excluding hydrogens is 408 g/mol. The molecular formula is C19H19BrN6O. The van der Waals surface area contributed by atoms with Crippen LogP contribution in [0, 0.1) is 0 Å². The molecule has 1 heterocycles. The standard InChI is InChI=1S/C19H19BrN6O/c1-26(11-13-7-3-2-4-8-13)18-16(21)17(22-12-23-18)24-25-19(27)14-9-5-6-10-15(14)20/h2-10,12H,11,21H2,1H3,(H,25,27)(H,22,23,24). The first-order valence-electron chi connectivity index (χ1n) is 8.22. The molecule has 3 rings (SSSR count). The molecule has 0 fully saturated rings. The Morgan fingerprint density at radius 1 is 1.11 bits per heavy atom. The second-order valence-electron chi connectivity index (χ2n) is 5.86. The Kier molecular flexibility index (Phi) is 5.87. The average molecular weight is 427 g/mol. The largest absolute Gasteiger partial charge is 0.393 e. The molecule has 7 nitrogen and oxygen atoms in total. The van der Waals surface area contributed by atoms with E-state index in [4.69, 9.17) is 5.73 Å². The highest BCUT2D eigenvalue weighted by Crippen LogP contribution is 2.26. The van der Waals surface area contributed by atoms with Gasteiger partial charge in [-0.3, -0.25) is 15.6 Å². The molecule has 2 aromatic carbocycles. The van der Waals surface area contributed by atoms with Crippen LogP contribution in [0.4, 0.5) is 17.3 Å². The zero-order chi connectivity index (χ0) is 19.2. The molecule has 0 aliphatic rings. The predicted molar refractivity (Wildman–Crippen MR) is 110 cm³/mol. The van der Waals surface area contributed by atoms with Crippen molar-refractivity contribution in [2.75, 3.05) is 23.1 Å². The number of hydrazine groups is 1. The molecule has 1 aromatic heterocycles. The van der Waals surface area contributed by atoms with Gasteiger partial charge in [0.25, 0.3) is 5.91 Å². The smallest absolute Gasteiger partial charge is 0.270 e. The lowest BCUT2D eigenvalue weighted by molar-refractivity contribution is 0.0962. The molecule has 138 valence electrons. The van der Waals surface area contributed by atoms with E-state index in [2.05, 4.69) is 36.7 Å². The van der Waals surface area contributed by atoms with E-state index in [1.54, 1.807) is 18.2 Å². The average Bonchev–Trinajstić information content (AvgIpc) is 2.68. The molecule has 8 heteroatoms. The summed E-state index contributed by atoms with van der Waals surface area (Å²) in [6.07, 6.45) is 1.40. The summed E-state index contributed by atoms with van der Waals surface area (Å²) in [5, 5.41) is 0. The van der Waals surface area contributed by atoms with Crippen molar-refractivity contribution in [3.05, 3.63) is 76.5 Å². The summed E-state index contributed by atoms with van der Waals surface area (Å²) in [6, 6.07) is 17.1. The van der Waals surface area contributed by atoms with Gasteiger partial charge in [0, 0.05) is 18.1 Å². The zero-order valence-corrected chi connectivity index (χ0v) is 16.3. The lowest BCUT2D eigenvalue weighted by atomic mass is 10.2. The SMILES string of the molecule is CN(Cc1ccccc1)c1ncnc(NNC(=O)c2ccccc2Br)c1N. The third-order valence-corrected chi connectivity index (χ3v) is 4.59. The van der Waals surface area contributed by atoms with Crippen LogP contribution in [0.15, 0.2) is 65.4 Å². The third-order valence-electron chi connectivity index (χ3n) is 3.90. The number of aromatic nitrogens is 2. The van der Waals surface area contributed by atoms with E-state index < -0.39 is 0 Å². The van der Waals surface area contributed by atoms with E-state index >= 15 is 0 Å². The maximum atomic E-state index is 12.3. The number of carbonyl (C=O) groups is 1. The summed E-state index contributed by atoms with van der Waals surface area (Å²) in [6.45, 7) is 0.644. The minimum Gasteiger partial charge on any atom is -0.393 e. The maximum absolute atomic E-state index is 12.3. The van der Waals surface area contributed by atoms with Crippen molar-refractivity contribution in [2.24, 2.45) is 0 Å². The maximum Gasteiger partial charge on any atom is 0.270 e. The van der Waals surface area contributed by atoms with Crippen LogP contribution < -0.4 is 21.5 Å². The molecule has 27 heavy (non-hydrogen) atoms. The molecule has 0 saturated heterocycles. The monoisotopic (exact) mass is 426 g/mol. The topological polar surface area (TPSA) is 96.2 Å². The van der Waals surface area contributed by atoms with Crippen molar-refractivity contribution in [1.29, 1.82) is 0 Å². The number of rotatable bonds is 6. The lowest BCUT2D eigenvalue weighted by Gasteiger charge is -2.21. The van der Waals surface area contributed by atoms with Gasteiger partial charge < -0.3 is 10.6 Å². The summed E-state index contributed by atoms with van der Waals surface area (Å²) in [5.41, 5.74) is 13.6. The summed E-state index contributed by atoms with van der Waals surface area (Å²) < 4.78 is 0.697. The summed E-state index contributed by atoms with van der Waals surface area (Å²) in [4.78, 5) is 22.6. The highest BCUT2D eigenvalue weighted by molar-refractivity contribution is 9.10. The Hall–Kier alpha value is -3.13. The first-order chi connectivity index (χ1) is 13.1. The van der Waals surface area contributed by atoms with Gasteiger partial charge in [-0.25, -0.2) is 9.97 Å².